The summed E-state index contributed by atoms with van der Waals surface area (Å²) in [6, 6.07) is -9.12. The van der Waals surface area contributed by atoms with Crippen molar-refractivity contribution in [2.24, 2.45) is 0 Å². The SMILES string of the molecule is CC(=O)N[C@H]1[C@H](O[C@H]2[C@@H](O)[C@@H](CO)O[C@@H](O[C@H]3[C@H](O)[C@@H](NC(C)=O)[C@H](O[C@@H]([C@@H](O)[C@H](O)CO)[C@H](CO)NC(C)=O)O[C@@H]3CO)[C@@H]2O)O[C@H](CO)[C@@H](O[C@@H]2O[C@H](CO)[C@H](O)[C@H](O[C@@H]3O[C@H](CO)[C@@H](O[C@@H]4O[C@H](CO)[C@H](O)[C@H](O[C@H]5O[C@H](CO)[C@H](O)[C@H](O)[C@H]5NC(C)=O)[C@H]4O[C@@H]4O[C@@H](C)[C@@H](O)[C@@H](O)[C@@H]4O)[C@H](O)[C@H]3NC(C)=O)[C@H]2O)[C@@H]1O. The lowest BCUT2D eigenvalue weighted by Crippen LogP contribution is -2.71. The molecule has 8 rings (SSSR count). The van der Waals surface area contributed by atoms with E-state index in [9.17, 15) is 147 Å². The van der Waals surface area contributed by atoms with Crippen LogP contribution in [0.15, 0.2) is 0 Å². The van der Waals surface area contributed by atoms with Crippen LogP contribution in [-0.4, -0.2) is 481 Å². The molecule has 29 N–H and O–H groups in total. The Bertz CT molecular complexity index is 3030. The van der Waals surface area contributed by atoms with Gasteiger partial charge >= 0.3 is 0 Å². The summed E-state index contributed by atoms with van der Waals surface area (Å²) in [5, 5.41) is 278. The summed E-state index contributed by atoms with van der Waals surface area (Å²) in [5.74, 6) is -4.46. The average molecular weight is 1670 g/mol. The number of amides is 5. The third-order valence-electron chi connectivity index (χ3n) is 20.4. The highest BCUT2D eigenvalue weighted by Crippen LogP contribution is 2.40. The summed E-state index contributed by atoms with van der Waals surface area (Å²) >= 11 is 0. The normalized spacial score (nSPS) is 45.3. The maximum absolute atomic E-state index is 13.1. The third kappa shape index (κ3) is 21.7. The highest BCUT2D eigenvalue weighted by atomic mass is 16.8. The lowest BCUT2D eigenvalue weighted by atomic mass is 9.93. The maximum Gasteiger partial charge on any atom is 0.217 e. The number of rotatable bonds is 33. The second kappa shape index (κ2) is 42.3. The van der Waals surface area contributed by atoms with Gasteiger partial charge in [-0.15, -0.1) is 0 Å². The Hall–Kier alpha value is -4.25. The van der Waals surface area contributed by atoms with Gasteiger partial charge in [0, 0.05) is 34.6 Å². The quantitative estimate of drug-likeness (QED) is 0.0290. The number of hydrogen-bond acceptors (Lipinski definition) is 45. The first-order chi connectivity index (χ1) is 53.9. The Morgan fingerprint density at radius 3 is 0.982 bits per heavy atom. The number of carbonyl (C=O) groups excluding carboxylic acids is 5. The standard InChI is InChI=1S/C64H109N5O45/c1-16-35(85)45(95)46(96)61(99-16)114-56-55(113-57-31(66-18(3)80)41(91)37(87)24(9-72)100-57)40(90)27(12-75)103-64(56)110-52-30(15-78)106-60(34(44(52)94)69-21(6)83)112-54-39(89)26(11-74)102-63(48(54)98)109-51-29(14-77)105-59(33(43(51)93)68-20(5)82)111-53-38(88)25(10-73)101-62(47(53)97)108-50-28(13-76)104-58(32(42(50)92)67-19(4)81)107-49(36(86)23(84)8-71)22(7-70)65-17(2)79/h16,22-64,70-78,84-98H,7-15H2,1-6H3,(H,65,79)(H,66,80)(H,67,81)(H,68,82)(H,69,83)/t16-,22-,23+,24+,25+,26+,27+,28+,29+,30+,31+,32+,33+,34+,35+,36-,37-,38-,39-,40-,41+,42+,43+,44+,45+,46-,47+,48+,49+,50+,51+,52+,53-,54-,55-,56+,57+,58-,59-,60-,61-,62-,63-,64-/m0/s1. The number of carbonyl (C=O) groups is 5. The molecule has 0 spiro atoms. The highest BCUT2D eigenvalue weighted by Gasteiger charge is 2.61. The summed E-state index contributed by atoms with van der Waals surface area (Å²) in [6.45, 7) is -3.87. The molecule has 5 amide bonds. The Balaban J connectivity index is 1.03. The number of aliphatic hydroxyl groups is 24. The van der Waals surface area contributed by atoms with Crippen molar-refractivity contribution >= 4 is 29.5 Å². The van der Waals surface area contributed by atoms with E-state index in [4.69, 9.17) is 75.8 Å². The Morgan fingerprint density at radius 2 is 0.605 bits per heavy atom. The molecule has 0 bridgehead atoms. The van der Waals surface area contributed by atoms with Crippen LogP contribution in [0.3, 0.4) is 0 Å². The summed E-state index contributed by atoms with van der Waals surface area (Å²) in [6.07, 6.45) is -79.7. The van der Waals surface area contributed by atoms with Gasteiger partial charge in [-0.3, -0.25) is 24.0 Å². The molecular formula is C64H109N5O45. The Kier molecular flexibility index (Phi) is 35.3. The van der Waals surface area contributed by atoms with E-state index in [1.54, 1.807) is 0 Å². The predicted molar refractivity (Wildman–Crippen MR) is 356 cm³/mol. The van der Waals surface area contributed by atoms with Crippen LogP contribution in [0.5, 0.6) is 0 Å². The van der Waals surface area contributed by atoms with E-state index in [1.807, 2.05) is 0 Å². The highest BCUT2D eigenvalue weighted by molar-refractivity contribution is 5.75. The molecule has 0 unspecified atom stereocenters. The molecule has 0 aliphatic carbocycles. The fraction of sp³-hybridized carbons (Fsp3) is 0.922. The summed E-state index contributed by atoms with van der Waals surface area (Å²) < 4.78 is 95.5. The average Bonchev–Trinajstić information content (AvgIpc) is 0.762. The number of ether oxygens (including phenoxy) is 16. The molecule has 50 nitrogen and oxygen atoms in total. The van der Waals surface area contributed by atoms with Gasteiger partial charge < -0.3 is 225 Å². The van der Waals surface area contributed by atoms with Crippen LogP contribution in [0.25, 0.3) is 0 Å². The first-order valence-corrected chi connectivity index (χ1v) is 36.4. The molecule has 8 saturated heterocycles. The van der Waals surface area contributed by atoms with E-state index in [1.165, 1.54) is 6.92 Å². The van der Waals surface area contributed by atoms with E-state index in [2.05, 4.69) is 26.6 Å². The third-order valence-corrected chi connectivity index (χ3v) is 20.4. The predicted octanol–water partition coefficient (Wildman–Crippen LogP) is -19.2. The molecule has 0 saturated carbocycles. The van der Waals surface area contributed by atoms with Gasteiger partial charge in [-0.2, -0.15) is 0 Å². The zero-order chi connectivity index (χ0) is 84.5. The van der Waals surface area contributed by atoms with Crippen LogP contribution in [-0.2, 0) is 99.8 Å². The fourth-order valence-corrected chi connectivity index (χ4v) is 14.5. The van der Waals surface area contributed by atoms with Crippen molar-refractivity contribution in [1.82, 2.24) is 26.6 Å². The molecule has 114 heavy (non-hydrogen) atoms. The largest absolute Gasteiger partial charge is 0.394 e. The second-order valence-corrected chi connectivity index (χ2v) is 28.6. The number of nitrogens with one attached hydrogen (secondary N) is 5. The topological polar surface area (TPSA) is 779 Å². The van der Waals surface area contributed by atoms with Gasteiger partial charge in [-0.05, 0) is 6.92 Å². The van der Waals surface area contributed by atoms with Gasteiger partial charge in [0.1, 0.15) is 207 Å². The molecule has 660 valence electrons. The van der Waals surface area contributed by atoms with Gasteiger partial charge in [-0.1, -0.05) is 0 Å². The molecule has 0 aromatic heterocycles. The Morgan fingerprint density at radius 1 is 0.298 bits per heavy atom. The van der Waals surface area contributed by atoms with Crippen LogP contribution in [0, 0.1) is 0 Å². The molecule has 0 aromatic carbocycles. The first kappa shape index (κ1) is 95.2. The van der Waals surface area contributed by atoms with E-state index < -0.39 is 359 Å². The van der Waals surface area contributed by atoms with E-state index in [-0.39, 0.29) is 0 Å². The molecule has 50 heteroatoms. The summed E-state index contributed by atoms with van der Waals surface area (Å²) in [5.41, 5.74) is 0. The van der Waals surface area contributed by atoms with Crippen LogP contribution >= 0.6 is 0 Å². The molecule has 8 heterocycles. The van der Waals surface area contributed by atoms with Crippen molar-refractivity contribution in [3.05, 3.63) is 0 Å². The van der Waals surface area contributed by atoms with Gasteiger partial charge in [0.15, 0.2) is 50.3 Å². The van der Waals surface area contributed by atoms with E-state index in [0.29, 0.717) is 0 Å². The Labute approximate surface area is 647 Å². The molecule has 8 fully saturated rings. The van der Waals surface area contributed by atoms with Crippen LogP contribution in [0.2, 0.25) is 0 Å². The first-order valence-electron chi connectivity index (χ1n) is 36.4. The van der Waals surface area contributed by atoms with Crippen LogP contribution < -0.4 is 26.6 Å². The molecule has 0 radical (unpaired) electrons. The van der Waals surface area contributed by atoms with Gasteiger partial charge in [-0.25, -0.2) is 0 Å². The maximum atomic E-state index is 13.1. The summed E-state index contributed by atoms with van der Waals surface area (Å²) in [4.78, 5) is 63.4. The van der Waals surface area contributed by atoms with Gasteiger partial charge in [0.25, 0.3) is 0 Å². The minimum Gasteiger partial charge on any atom is -0.394 e. The number of aliphatic hydroxyl groups excluding tert-OH is 24. The molecular weight excluding hydrogens is 1560 g/mol. The molecule has 0 aromatic rings. The minimum absolute atomic E-state index is 0.789. The summed E-state index contributed by atoms with van der Waals surface area (Å²) in [7, 11) is 0. The van der Waals surface area contributed by atoms with Crippen molar-refractivity contribution in [2.75, 3.05) is 59.5 Å². The van der Waals surface area contributed by atoms with Gasteiger partial charge in [0.05, 0.1) is 71.6 Å². The minimum atomic E-state index is -2.40. The molecule has 44 atom stereocenters. The van der Waals surface area contributed by atoms with Crippen molar-refractivity contribution in [2.45, 2.75) is 311 Å². The smallest absolute Gasteiger partial charge is 0.217 e. The second-order valence-electron chi connectivity index (χ2n) is 28.6. The fourth-order valence-electron chi connectivity index (χ4n) is 14.5. The molecule has 8 aliphatic heterocycles. The van der Waals surface area contributed by atoms with Gasteiger partial charge in [0.2, 0.25) is 29.5 Å². The molecule has 8 aliphatic rings. The van der Waals surface area contributed by atoms with Crippen LogP contribution in [0.4, 0.5) is 0 Å². The number of hydrogen-bond donors (Lipinski definition) is 29. The van der Waals surface area contributed by atoms with Crippen LogP contribution in [0.1, 0.15) is 41.5 Å². The lowest BCUT2D eigenvalue weighted by Gasteiger charge is -2.52. The lowest BCUT2D eigenvalue weighted by molar-refractivity contribution is -0.402. The van der Waals surface area contributed by atoms with Crippen molar-refractivity contribution < 1.29 is 222 Å². The van der Waals surface area contributed by atoms with Crippen molar-refractivity contribution in [1.29, 1.82) is 0 Å². The zero-order valence-electron chi connectivity index (χ0n) is 62.1. The van der Waals surface area contributed by atoms with E-state index >= 15 is 0 Å². The zero-order valence-corrected chi connectivity index (χ0v) is 62.1. The monoisotopic (exact) mass is 1670 g/mol. The van der Waals surface area contributed by atoms with Crippen molar-refractivity contribution in [3.8, 4) is 0 Å². The van der Waals surface area contributed by atoms with E-state index in [0.717, 1.165) is 34.6 Å². The van der Waals surface area contributed by atoms with Crippen molar-refractivity contribution in [3.63, 3.8) is 0 Å².